The number of guanidine groups is 1. The number of thioether (sulfide) groups is 1. The van der Waals surface area contributed by atoms with Crippen LogP contribution in [-0.4, -0.2) is 86.6 Å². The van der Waals surface area contributed by atoms with E-state index in [1.165, 1.54) is 0 Å². The maximum absolute atomic E-state index is 5.96. The molecule has 2 heterocycles. The molecule has 2 aliphatic rings. The second-order valence-electron chi connectivity index (χ2n) is 7.95. The van der Waals surface area contributed by atoms with Crippen molar-refractivity contribution < 1.29 is 9.47 Å². The molecule has 6 nitrogen and oxygen atoms in total. The summed E-state index contributed by atoms with van der Waals surface area (Å²) in [6.07, 6.45) is 2.40. The molecule has 0 aromatic carbocycles. The van der Waals surface area contributed by atoms with E-state index in [0.717, 1.165) is 83.6 Å². The number of nitrogens with one attached hydrogen (secondary N) is 2. The van der Waals surface area contributed by atoms with E-state index in [9.17, 15) is 0 Å². The Bertz CT molecular complexity index is 436. The summed E-state index contributed by atoms with van der Waals surface area (Å²) in [5.41, 5.74) is 0. The first-order chi connectivity index (χ1) is 13.1. The molecule has 2 fully saturated rings. The Morgan fingerprint density at radius 1 is 1.22 bits per heavy atom. The fraction of sp³-hybridized carbons (Fsp3) is 0.950. The number of ether oxygens (including phenoxy) is 2. The molecule has 0 bridgehead atoms. The number of nitrogens with zero attached hydrogens (tertiary/aromatic N) is 2. The maximum atomic E-state index is 5.96. The van der Waals surface area contributed by atoms with Crippen molar-refractivity contribution in [1.29, 1.82) is 0 Å². The SMILES string of the molecule is CCNC(=NCC1(SCC)CCOCC1)NCC1CN(CC(C)C)CCO1. The van der Waals surface area contributed by atoms with Crippen molar-refractivity contribution >= 4 is 17.7 Å². The number of rotatable bonds is 9. The summed E-state index contributed by atoms with van der Waals surface area (Å²) in [5.74, 6) is 2.73. The van der Waals surface area contributed by atoms with E-state index in [2.05, 4.69) is 43.2 Å². The molecule has 0 aromatic rings. The first kappa shape index (κ1) is 22.8. The van der Waals surface area contributed by atoms with Crippen molar-refractivity contribution in [2.24, 2.45) is 10.9 Å². The van der Waals surface area contributed by atoms with Crippen LogP contribution in [0.4, 0.5) is 0 Å². The van der Waals surface area contributed by atoms with Crippen LogP contribution < -0.4 is 10.6 Å². The molecule has 2 N–H and O–H groups in total. The predicted octanol–water partition coefficient (Wildman–Crippen LogP) is 2.20. The molecule has 1 unspecified atom stereocenters. The van der Waals surface area contributed by atoms with Gasteiger partial charge in [-0.05, 0) is 31.4 Å². The van der Waals surface area contributed by atoms with Crippen molar-refractivity contribution in [1.82, 2.24) is 15.5 Å². The van der Waals surface area contributed by atoms with Crippen molar-refractivity contribution in [2.45, 2.75) is 51.4 Å². The summed E-state index contributed by atoms with van der Waals surface area (Å²) < 4.78 is 11.8. The molecule has 2 rings (SSSR count). The highest BCUT2D eigenvalue weighted by atomic mass is 32.2. The van der Waals surface area contributed by atoms with Gasteiger partial charge in [0.05, 0.1) is 19.3 Å². The lowest BCUT2D eigenvalue weighted by molar-refractivity contribution is -0.0284. The Morgan fingerprint density at radius 3 is 2.67 bits per heavy atom. The number of hydrogen-bond acceptors (Lipinski definition) is 5. The van der Waals surface area contributed by atoms with Crippen LogP contribution in [0.25, 0.3) is 0 Å². The van der Waals surface area contributed by atoms with E-state index < -0.39 is 0 Å². The molecule has 0 amide bonds. The molecule has 0 aromatic heterocycles. The highest BCUT2D eigenvalue weighted by molar-refractivity contribution is 8.00. The van der Waals surface area contributed by atoms with Gasteiger partial charge in [-0.3, -0.25) is 9.89 Å². The second kappa shape index (κ2) is 12.1. The molecular formula is C20H40N4O2S. The minimum atomic E-state index is 0.225. The summed E-state index contributed by atoms with van der Waals surface area (Å²) >= 11 is 2.04. The van der Waals surface area contributed by atoms with Crippen molar-refractivity contribution in [3.05, 3.63) is 0 Å². The highest BCUT2D eigenvalue weighted by Crippen LogP contribution is 2.35. The zero-order valence-corrected chi connectivity index (χ0v) is 18.6. The van der Waals surface area contributed by atoms with Crippen LogP contribution in [-0.2, 0) is 9.47 Å². The molecule has 2 aliphatic heterocycles. The summed E-state index contributed by atoms with van der Waals surface area (Å²) in [5, 5.41) is 6.90. The maximum Gasteiger partial charge on any atom is 0.191 e. The van der Waals surface area contributed by atoms with Crippen LogP contribution in [0, 0.1) is 5.92 Å². The largest absolute Gasteiger partial charge is 0.381 e. The summed E-state index contributed by atoms with van der Waals surface area (Å²) in [6.45, 7) is 17.1. The van der Waals surface area contributed by atoms with Crippen molar-refractivity contribution in [3.8, 4) is 0 Å². The fourth-order valence-corrected chi connectivity index (χ4v) is 4.98. The second-order valence-corrected chi connectivity index (χ2v) is 9.68. The first-order valence-corrected chi connectivity index (χ1v) is 11.6. The van der Waals surface area contributed by atoms with E-state index in [1.54, 1.807) is 0 Å². The average Bonchev–Trinajstić information content (AvgIpc) is 2.65. The molecule has 1 atom stereocenters. The van der Waals surface area contributed by atoms with Gasteiger partial charge in [-0.2, -0.15) is 11.8 Å². The quantitative estimate of drug-likeness (QED) is 0.457. The monoisotopic (exact) mass is 400 g/mol. The van der Waals surface area contributed by atoms with Crippen LogP contribution in [0.1, 0.15) is 40.5 Å². The Kier molecular flexibility index (Phi) is 10.2. The van der Waals surface area contributed by atoms with E-state index >= 15 is 0 Å². The highest BCUT2D eigenvalue weighted by Gasteiger charge is 2.32. The predicted molar refractivity (Wildman–Crippen MR) is 116 cm³/mol. The van der Waals surface area contributed by atoms with Crippen LogP contribution in [0.15, 0.2) is 4.99 Å². The van der Waals surface area contributed by atoms with Crippen LogP contribution >= 0.6 is 11.8 Å². The molecule has 0 radical (unpaired) electrons. The molecule has 158 valence electrons. The molecule has 7 heteroatoms. The van der Waals surface area contributed by atoms with Crippen LogP contribution in [0.3, 0.4) is 0 Å². The Labute approximate surface area is 170 Å². The van der Waals surface area contributed by atoms with Gasteiger partial charge in [0.25, 0.3) is 0 Å². The molecule has 27 heavy (non-hydrogen) atoms. The van der Waals surface area contributed by atoms with Crippen LogP contribution in [0.5, 0.6) is 0 Å². The third-order valence-electron chi connectivity index (χ3n) is 5.07. The number of aliphatic imine (C=N–C) groups is 1. The van der Waals surface area contributed by atoms with Gasteiger partial charge in [0, 0.05) is 50.7 Å². The van der Waals surface area contributed by atoms with Crippen molar-refractivity contribution in [2.75, 3.05) is 64.8 Å². The molecular weight excluding hydrogens is 360 g/mol. The lowest BCUT2D eigenvalue weighted by Gasteiger charge is -2.35. The normalized spacial score (nSPS) is 24.2. The van der Waals surface area contributed by atoms with Gasteiger partial charge in [0.15, 0.2) is 5.96 Å². The summed E-state index contributed by atoms with van der Waals surface area (Å²) in [7, 11) is 0. The van der Waals surface area contributed by atoms with E-state index in [4.69, 9.17) is 14.5 Å². The van der Waals surface area contributed by atoms with E-state index in [0.29, 0.717) is 5.92 Å². The summed E-state index contributed by atoms with van der Waals surface area (Å²) in [4.78, 5) is 7.44. The zero-order valence-electron chi connectivity index (χ0n) is 17.8. The minimum Gasteiger partial charge on any atom is -0.381 e. The van der Waals surface area contributed by atoms with Gasteiger partial charge in [0.1, 0.15) is 0 Å². The molecule has 0 saturated carbocycles. The first-order valence-electron chi connectivity index (χ1n) is 10.6. The minimum absolute atomic E-state index is 0.225. The van der Waals surface area contributed by atoms with Gasteiger partial charge >= 0.3 is 0 Å². The Morgan fingerprint density at radius 2 is 2.00 bits per heavy atom. The Balaban J connectivity index is 1.87. The average molecular weight is 401 g/mol. The summed E-state index contributed by atoms with van der Waals surface area (Å²) in [6, 6.07) is 0. The Hall–Kier alpha value is -0.500. The smallest absolute Gasteiger partial charge is 0.191 e. The number of morpholine rings is 1. The number of hydrogen-bond donors (Lipinski definition) is 2. The topological polar surface area (TPSA) is 58.1 Å². The fourth-order valence-electron chi connectivity index (χ4n) is 3.76. The van der Waals surface area contributed by atoms with Crippen molar-refractivity contribution in [3.63, 3.8) is 0 Å². The van der Waals surface area contributed by atoms with E-state index in [1.807, 2.05) is 11.8 Å². The standard InChI is InChI=1S/C20H40N4O2S/c1-5-21-19(23-16-20(27-6-2)7-10-25-11-8-20)22-13-18-15-24(9-12-26-18)14-17(3)4/h17-18H,5-16H2,1-4H3,(H2,21,22,23). The third-order valence-corrected chi connectivity index (χ3v) is 6.51. The molecule has 0 spiro atoms. The lowest BCUT2D eigenvalue weighted by atomic mass is 9.99. The third kappa shape index (κ3) is 8.18. The van der Waals surface area contributed by atoms with Gasteiger partial charge < -0.3 is 20.1 Å². The molecule has 2 saturated heterocycles. The van der Waals surface area contributed by atoms with Crippen LogP contribution in [0.2, 0.25) is 0 Å². The van der Waals surface area contributed by atoms with Gasteiger partial charge in [-0.25, -0.2) is 0 Å². The van der Waals surface area contributed by atoms with Gasteiger partial charge in [-0.1, -0.05) is 20.8 Å². The zero-order chi connectivity index (χ0) is 19.5. The molecule has 0 aliphatic carbocycles. The lowest BCUT2D eigenvalue weighted by Crippen LogP contribution is -2.50. The van der Waals surface area contributed by atoms with Gasteiger partial charge in [0.2, 0.25) is 0 Å². The van der Waals surface area contributed by atoms with Gasteiger partial charge in [-0.15, -0.1) is 0 Å². The van der Waals surface area contributed by atoms with E-state index in [-0.39, 0.29) is 10.9 Å².